The molecule has 1 saturated carbocycles. The fraction of sp³-hybridized carbons (Fsp3) is 0.300. The molecule has 1 amide bonds. The van der Waals surface area contributed by atoms with Crippen LogP contribution in [0.3, 0.4) is 0 Å². The van der Waals surface area contributed by atoms with E-state index in [9.17, 15) is 4.79 Å². The monoisotopic (exact) mass is 321 g/mol. The van der Waals surface area contributed by atoms with Crippen LogP contribution in [0.5, 0.6) is 0 Å². The van der Waals surface area contributed by atoms with Gasteiger partial charge in [-0.3, -0.25) is 4.79 Å². The lowest BCUT2D eigenvalue weighted by atomic mass is 10.2. The van der Waals surface area contributed by atoms with E-state index in [0.717, 1.165) is 16.4 Å². The van der Waals surface area contributed by atoms with Crippen molar-refractivity contribution in [3.8, 4) is 0 Å². The number of nitrogens with one attached hydrogen (secondary N) is 1. The molecule has 0 aromatic heterocycles. The summed E-state index contributed by atoms with van der Waals surface area (Å²) in [5.41, 5.74) is 0.710. The van der Waals surface area contributed by atoms with Gasteiger partial charge in [0.05, 0.1) is 5.56 Å². The van der Waals surface area contributed by atoms with Gasteiger partial charge in [-0.05, 0) is 53.6 Å². The van der Waals surface area contributed by atoms with Crippen LogP contribution in [0.1, 0.15) is 23.2 Å². The first-order valence-corrected chi connectivity index (χ1v) is 5.88. The van der Waals surface area contributed by atoms with E-state index >= 15 is 0 Å². The van der Waals surface area contributed by atoms with Crippen LogP contribution in [0.15, 0.2) is 18.2 Å². The summed E-state index contributed by atoms with van der Waals surface area (Å²) < 4.78 is 0.897. The molecule has 0 bridgehead atoms. The molecule has 4 heteroatoms. The first kappa shape index (κ1) is 10.2. The maximum Gasteiger partial charge on any atom is 0.252 e. The predicted molar refractivity (Wildman–Crippen MR) is 64.7 cm³/mol. The highest BCUT2D eigenvalue weighted by atomic mass is 127. The van der Waals surface area contributed by atoms with E-state index in [1.807, 2.05) is 0 Å². The van der Waals surface area contributed by atoms with Crippen molar-refractivity contribution in [3.63, 3.8) is 0 Å². The molecule has 0 radical (unpaired) electrons. The largest absolute Gasteiger partial charge is 0.349 e. The number of carbonyl (C=O) groups excluding carboxylic acids is 1. The molecule has 2 rings (SSSR count). The Morgan fingerprint density at radius 3 is 2.79 bits per heavy atom. The van der Waals surface area contributed by atoms with Crippen LogP contribution in [0.4, 0.5) is 0 Å². The summed E-state index contributed by atoms with van der Waals surface area (Å²) in [4.78, 5) is 11.7. The molecule has 1 aromatic rings. The molecule has 0 heterocycles. The number of hydrogen-bond acceptors (Lipinski definition) is 1. The maximum absolute atomic E-state index is 11.7. The number of rotatable bonds is 2. The van der Waals surface area contributed by atoms with Gasteiger partial charge in [0.15, 0.2) is 0 Å². The van der Waals surface area contributed by atoms with E-state index in [2.05, 4.69) is 27.9 Å². The maximum atomic E-state index is 11.7. The first-order chi connectivity index (χ1) is 6.66. The van der Waals surface area contributed by atoms with Gasteiger partial charge in [-0.15, -0.1) is 0 Å². The summed E-state index contributed by atoms with van der Waals surface area (Å²) in [6, 6.07) is 5.70. The molecule has 1 fully saturated rings. The van der Waals surface area contributed by atoms with E-state index in [-0.39, 0.29) is 5.91 Å². The number of amides is 1. The fourth-order valence-electron chi connectivity index (χ4n) is 1.16. The van der Waals surface area contributed by atoms with Gasteiger partial charge in [0.25, 0.3) is 5.91 Å². The molecular formula is C10H9ClINO. The summed E-state index contributed by atoms with van der Waals surface area (Å²) in [5, 5.41) is 3.61. The molecule has 0 atom stereocenters. The molecular weight excluding hydrogens is 312 g/mol. The van der Waals surface area contributed by atoms with Gasteiger partial charge in [-0.25, -0.2) is 0 Å². The lowest BCUT2D eigenvalue weighted by Gasteiger charge is -2.05. The van der Waals surface area contributed by atoms with Crippen molar-refractivity contribution in [1.29, 1.82) is 0 Å². The molecule has 1 N–H and O–H groups in total. The molecule has 1 aromatic carbocycles. The Kier molecular flexibility index (Phi) is 2.97. The van der Waals surface area contributed by atoms with Gasteiger partial charge < -0.3 is 5.32 Å². The van der Waals surface area contributed by atoms with Gasteiger partial charge in [0, 0.05) is 14.6 Å². The van der Waals surface area contributed by atoms with Crippen molar-refractivity contribution in [2.24, 2.45) is 0 Å². The second kappa shape index (κ2) is 4.06. The molecule has 0 spiro atoms. The third-order valence-electron chi connectivity index (χ3n) is 2.09. The predicted octanol–water partition coefficient (Wildman–Crippen LogP) is 2.84. The number of carbonyl (C=O) groups is 1. The highest BCUT2D eigenvalue weighted by Gasteiger charge is 2.24. The second-order valence-corrected chi connectivity index (χ2v) is 4.97. The van der Waals surface area contributed by atoms with Crippen LogP contribution >= 0.6 is 34.2 Å². The van der Waals surface area contributed by atoms with Crippen LogP contribution in [0.2, 0.25) is 5.02 Å². The van der Waals surface area contributed by atoms with Crippen molar-refractivity contribution in [3.05, 3.63) is 32.4 Å². The Morgan fingerprint density at radius 1 is 1.50 bits per heavy atom. The van der Waals surface area contributed by atoms with Crippen molar-refractivity contribution in [1.82, 2.24) is 5.32 Å². The van der Waals surface area contributed by atoms with Gasteiger partial charge in [0.2, 0.25) is 0 Å². The van der Waals surface area contributed by atoms with Crippen molar-refractivity contribution >= 4 is 40.1 Å². The van der Waals surface area contributed by atoms with Crippen LogP contribution in [0.25, 0.3) is 0 Å². The minimum Gasteiger partial charge on any atom is -0.349 e. The van der Waals surface area contributed by atoms with Gasteiger partial charge in [-0.1, -0.05) is 11.6 Å². The van der Waals surface area contributed by atoms with E-state index in [4.69, 9.17) is 11.6 Å². The smallest absolute Gasteiger partial charge is 0.252 e. The fourth-order valence-corrected chi connectivity index (χ4v) is 2.28. The minimum absolute atomic E-state index is 0.00793. The Labute approximate surface area is 101 Å². The van der Waals surface area contributed by atoms with Gasteiger partial charge in [-0.2, -0.15) is 0 Å². The molecule has 0 aliphatic heterocycles. The molecule has 1 aliphatic rings. The lowest BCUT2D eigenvalue weighted by Crippen LogP contribution is -2.26. The van der Waals surface area contributed by atoms with Crippen LogP contribution in [-0.4, -0.2) is 11.9 Å². The highest BCUT2D eigenvalue weighted by Crippen LogP contribution is 2.22. The summed E-state index contributed by atoms with van der Waals surface area (Å²) in [6.07, 6.45) is 2.21. The summed E-state index contributed by atoms with van der Waals surface area (Å²) in [7, 11) is 0. The van der Waals surface area contributed by atoms with Crippen molar-refractivity contribution < 1.29 is 4.79 Å². The summed E-state index contributed by atoms with van der Waals surface area (Å²) in [5.74, 6) is 0.00793. The standard InChI is InChI=1S/C10H9ClINO/c11-6-1-4-8(9(12)5-6)10(14)13-7-2-3-7/h1,4-5,7H,2-3H2,(H,13,14). The Balaban J connectivity index is 2.17. The quantitative estimate of drug-likeness (QED) is 0.834. The van der Waals surface area contributed by atoms with Crippen molar-refractivity contribution in [2.75, 3.05) is 0 Å². The topological polar surface area (TPSA) is 29.1 Å². The van der Waals surface area contributed by atoms with Crippen LogP contribution < -0.4 is 5.32 Å². The average Bonchev–Trinajstić information content (AvgIpc) is 2.87. The summed E-state index contributed by atoms with van der Waals surface area (Å²) >= 11 is 7.93. The SMILES string of the molecule is O=C(NC1CC1)c1ccc(Cl)cc1I. The Morgan fingerprint density at radius 2 is 2.21 bits per heavy atom. The normalized spacial score (nSPS) is 15.3. The second-order valence-electron chi connectivity index (χ2n) is 3.37. The molecule has 74 valence electrons. The van der Waals surface area contributed by atoms with Crippen LogP contribution in [-0.2, 0) is 0 Å². The van der Waals surface area contributed by atoms with Gasteiger partial charge >= 0.3 is 0 Å². The zero-order valence-corrected chi connectivity index (χ0v) is 10.3. The molecule has 2 nitrogen and oxygen atoms in total. The van der Waals surface area contributed by atoms with E-state index in [1.54, 1.807) is 18.2 Å². The van der Waals surface area contributed by atoms with Crippen molar-refractivity contribution in [2.45, 2.75) is 18.9 Å². The molecule has 0 unspecified atom stereocenters. The number of benzene rings is 1. The zero-order valence-electron chi connectivity index (χ0n) is 7.39. The van der Waals surface area contributed by atoms with E-state index in [0.29, 0.717) is 16.6 Å². The van der Waals surface area contributed by atoms with E-state index in [1.165, 1.54) is 0 Å². The molecule has 14 heavy (non-hydrogen) atoms. The van der Waals surface area contributed by atoms with Crippen LogP contribution in [0, 0.1) is 3.57 Å². The molecule has 1 aliphatic carbocycles. The number of hydrogen-bond donors (Lipinski definition) is 1. The van der Waals surface area contributed by atoms with Gasteiger partial charge in [0.1, 0.15) is 0 Å². The third kappa shape index (κ3) is 2.39. The summed E-state index contributed by atoms with van der Waals surface area (Å²) in [6.45, 7) is 0. The van der Waals surface area contributed by atoms with E-state index < -0.39 is 0 Å². The molecule has 0 saturated heterocycles. The lowest BCUT2D eigenvalue weighted by molar-refractivity contribution is 0.0950. The average molecular weight is 322 g/mol. The Bertz CT molecular complexity index is 376. The zero-order chi connectivity index (χ0) is 10.1. The highest BCUT2D eigenvalue weighted by molar-refractivity contribution is 14.1. The first-order valence-electron chi connectivity index (χ1n) is 4.43. The third-order valence-corrected chi connectivity index (χ3v) is 3.22. The minimum atomic E-state index is 0.00793. The number of halogens is 2. The Hall–Kier alpha value is -0.290.